The van der Waals surface area contributed by atoms with Crippen LogP contribution in [0.2, 0.25) is 0 Å². The first-order chi connectivity index (χ1) is 9.16. The van der Waals surface area contributed by atoms with E-state index in [1.165, 1.54) is 13.8 Å². The summed E-state index contributed by atoms with van der Waals surface area (Å²) in [5.74, 6) is -2.12. The number of carboxylic acids is 2. The largest absolute Gasteiger partial charge is 0.481 e. The van der Waals surface area contributed by atoms with Gasteiger partial charge in [-0.15, -0.1) is 0 Å². The summed E-state index contributed by atoms with van der Waals surface area (Å²) < 4.78 is 0. The van der Waals surface area contributed by atoms with Crippen LogP contribution < -0.4 is 0 Å². The van der Waals surface area contributed by atoms with E-state index >= 15 is 0 Å². The van der Waals surface area contributed by atoms with Gasteiger partial charge in [0.15, 0.2) is 11.1 Å². The van der Waals surface area contributed by atoms with Gasteiger partial charge in [0.1, 0.15) is 0 Å². The summed E-state index contributed by atoms with van der Waals surface area (Å²) in [7, 11) is 0. The summed E-state index contributed by atoms with van der Waals surface area (Å²) in [5.41, 5.74) is -2.69. The van der Waals surface area contributed by atoms with E-state index in [0.29, 0.717) is 0 Å². The molecule has 0 spiro atoms. The van der Waals surface area contributed by atoms with Crippen molar-refractivity contribution in [1.29, 1.82) is 10.5 Å². The third kappa shape index (κ3) is 11.1. The number of nitrogens with zero attached hydrogens (tertiary/aromatic N) is 4. The summed E-state index contributed by atoms with van der Waals surface area (Å²) in [6.45, 7) is 2.82. The second kappa shape index (κ2) is 12.0. The fourth-order valence-electron chi connectivity index (χ4n) is 1.18. The molecule has 0 aliphatic rings. The molecule has 0 amide bonds. The average molecular weight is 326 g/mol. The van der Waals surface area contributed by atoms with Gasteiger partial charge >= 0.3 is 11.9 Å². The molecule has 2 atom stereocenters. The second-order valence-corrected chi connectivity index (χ2v) is 4.76. The Morgan fingerprint density at radius 2 is 1.18 bits per heavy atom. The zero-order valence-electron chi connectivity index (χ0n) is 13.3. The Morgan fingerprint density at radius 3 is 1.36 bits per heavy atom. The molecule has 0 saturated heterocycles. The Labute approximate surface area is 173 Å². The van der Waals surface area contributed by atoms with Crippen LogP contribution in [-0.2, 0) is 9.59 Å². The smallest absolute Gasteiger partial charge is 0.303 e. The summed E-state index contributed by atoms with van der Waals surface area (Å²) in [6.07, 6.45) is -0.575. The fraction of sp³-hybridized carbons (Fsp3) is 0.667. The first kappa shape index (κ1) is 26.4. The molecule has 2 radical (unpaired) electrons. The van der Waals surface area contributed by atoms with Crippen molar-refractivity contribution in [2.75, 3.05) is 0 Å². The molecule has 22 heavy (non-hydrogen) atoms. The van der Waals surface area contributed by atoms with Gasteiger partial charge in [0.05, 0.1) is 12.1 Å². The molecule has 0 aliphatic heterocycles. The molecule has 10 heteroatoms. The van der Waals surface area contributed by atoms with Crippen LogP contribution in [0.25, 0.3) is 0 Å². The van der Waals surface area contributed by atoms with Crippen molar-refractivity contribution in [1.82, 2.24) is 0 Å². The Kier molecular flexibility index (Phi) is 14.4. The number of rotatable bonds is 8. The van der Waals surface area contributed by atoms with Gasteiger partial charge in [-0.1, -0.05) is 0 Å². The molecular weight excluding hydrogens is 310 g/mol. The van der Waals surface area contributed by atoms with Gasteiger partial charge in [0.25, 0.3) is 0 Å². The standard InChI is InChI=1S/C12H16N4O4.2Na/c1-11(7-13,5-3-9(17)18)15-16-12(2,8-14)6-4-10(19)20;;/h3-6H2,1-2H3,(H,17,18)(H,19,20);;. The molecule has 0 saturated carbocycles. The minimum absolute atomic E-state index is 0. The first-order valence-electron chi connectivity index (χ1n) is 5.86. The Hall–Kier alpha value is -0.480. The third-order valence-electron chi connectivity index (χ3n) is 2.62. The van der Waals surface area contributed by atoms with Crippen LogP contribution in [0.15, 0.2) is 10.2 Å². The average Bonchev–Trinajstić information content (AvgIpc) is 2.41. The Balaban J connectivity index is -0.00000180. The van der Waals surface area contributed by atoms with Crippen LogP contribution >= 0.6 is 0 Å². The minimum Gasteiger partial charge on any atom is -0.481 e. The first-order valence-corrected chi connectivity index (χ1v) is 5.86. The quantitative estimate of drug-likeness (QED) is 0.501. The van der Waals surface area contributed by atoms with Crippen LogP contribution in [0, 0.1) is 22.7 Å². The van der Waals surface area contributed by atoms with E-state index < -0.39 is 23.0 Å². The number of nitriles is 2. The molecule has 0 aromatic carbocycles. The fourth-order valence-corrected chi connectivity index (χ4v) is 1.18. The molecular formula is C12H16N4Na2O4. The molecule has 0 bridgehead atoms. The monoisotopic (exact) mass is 326 g/mol. The Morgan fingerprint density at radius 1 is 0.909 bits per heavy atom. The van der Waals surface area contributed by atoms with Crippen molar-refractivity contribution in [3.05, 3.63) is 0 Å². The van der Waals surface area contributed by atoms with E-state index in [0.717, 1.165) is 0 Å². The van der Waals surface area contributed by atoms with E-state index in [2.05, 4.69) is 10.2 Å². The molecule has 110 valence electrons. The number of carbonyl (C=O) groups is 2. The summed E-state index contributed by atoms with van der Waals surface area (Å²) in [5, 5.41) is 42.7. The van der Waals surface area contributed by atoms with Gasteiger partial charge in [0.2, 0.25) is 0 Å². The van der Waals surface area contributed by atoms with Crippen molar-refractivity contribution in [3.63, 3.8) is 0 Å². The predicted molar refractivity (Wildman–Crippen MR) is 78.1 cm³/mol. The molecule has 0 aromatic heterocycles. The number of carboxylic acid groups (broad SMARTS) is 2. The molecule has 2 unspecified atom stereocenters. The second-order valence-electron chi connectivity index (χ2n) is 4.76. The molecule has 2 N–H and O–H groups in total. The van der Waals surface area contributed by atoms with Crippen molar-refractivity contribution in [3.8, 4) is 12.1 Å². The summed E-state index contributed by atoms with van der Waals surface area (Å²) in [4.78, 5) is 21.0. The number of aliphatic carboxylic acids is 2. The normalized spacial score (nSPS) is 15.1. The van der Waals surface area contributed by atoms with E-state index in [-0.39, 0.29) is 84.8 Å². The van der Waals surface area contributed by atoms with Gasteiger partial charge in [-0.25, -0.2) is 0 Å². The zero-order valence-corrected chi connectivity index (χ0v) is 17.3. The molecule has 0 rings (SSSR count). The van der Waals surface area contributed by atoms with Gasteiger partial charge in [-0.3, -0.25) is 9.59 Å². The maximum atomic E-state index is 10.5. The minimum atomic E-state index is -1.35. The van der Waals surface area contributed by atoms with Gasteiger partial charge < -0.3 is 10.2 Å². The Bertz CT molecular complexity index is 456. The summed E-state index contributed by atoms with van der Waals surface area (Å²) >= 11 is 0. The maximum Gasteiger partial charge on any atom is 0.303 e. The molecule has 0 fully saturated rings. The molecule has 0 heterocycles. The molecule has 0 aliphatic carbocycles. The SMILES string of the molecule is CC(C#N)(CCC(=O)O)N=NC(C)(C#N)CCC(=O)O.[Na].[Na]. The molecule has 8 nitrogen and oxygen atoms in total. The van der Waals surface area contributed by atoms with Crippen LogP contribution in [-0.4, -0.2) is 92.3 Å². The van der Waals surface area contributed by atoms with Crippen molar-refractivity contribution < 1.29 is 19.8 Å². The van der Waals surface area contributed by atoms with Gasteiger partial charge in [0, 0.05) is 72.0 Å². The van der Waals surface area contributed by atoms with Crippen LogP contribution in [0.3, 0.4) is 0 Å². The van der Waals surface area contributed by atoms with Gasteiger partial charge in [-0.05, 0) is 26.7 Å². The predicted octanol–water partition coefficient (Wildman–Crippen LogP) is 0.971. The van der Waals surface area contributed by atoms with Crippen LogP contribution in [0.1, 0.15) is 39.5 Å². The van der Waals surface area contributed by atoms with Crippen molar-refractivity contribution in [2.24, 2.45) is 10.2 Å². The van der Waals surface area contributed by atoms with E-state index in [1.807, 2.05) is 12.1 Å². The van der Waals surface area contributed by atoms with E-state index in [9.17, 15) is 9.59 Å². The number of hydrogen-bond donors (Lipinski definition) is 2. The maximum absolute atomic E-state index is 10.5. The van der Waals surface area contributed by atoms with E-state index in [4.69, 9.17) is 20.7 Å². The third-order valence-corrected chi connectivity index (χ3v) is 2.62. The van der Waals surface area contributed by atoms with Crippen LogP contribution in [0.5, 0.6) is 0 Å². The zero-order chi connectivity index (χ0) is 15.8. The van der Waals surface area contributed by atoms with Gasteiger partial charge in [-0.2, -0.15) is 20.8 Å². The molecule has 0 aromatic rings. The number of azo groups is 1. The van der Waals surface area contributed by atoms with Crippen molar-refractivity contribution >= 4 is 71.1 Å². The van der Waals surface area contributed by atoms with E-state index in [1.54, 1.807) is 0 Å². The number of hydrogen-bond acceptors (Lipinski definition) is 6. The topological polar surface area (TPSA) is 147 Å². The summed E-state index contributed by atoms with van der Waals surface area (Å²) in [6, 6.07) is 3.69. The van der Waals surface area contributed by atoms with Crippen molar-refractivity contribution in [2.45, 2.75) is 50.6 Å². The van der Waals surface area contributed by atoms with Crippen LogP contribution in [0.4, 0.5) is 0 Å².